The van der Waals surface area contributed by atoms with Crippen LogP contribution in [0.15, 0.2) is 24.3 Å². The molecule has 1 saturated heterocycles. The summed E-state index contributed by atoms with van der Waals surface area (Å²) in [4.78, 5) is 0. The van der Waals surface area contributed by atoms with Gasteiger partial charge in [0.25, 0.3) is 0 Å². The molecule has 1 aliphatic rings. The van der Waals surface area contributed by atoms with Crippen molar-refractivity contribution in [1.82, 2.24) is 5.32 Å². The van der Waals surface area contributed by atoms with Crippen LogP contribution in [0, 0.1) is 5.41 Å². The third-order valence-corrected chi connectivity index (χ3v) is 5.82. The molecule has 1 nitrogen and oxygen atoms in total. The van der Waals surface area contributed by atoms with Crippen molar-refractivity contribution in [3.8, 4) is 0 Å². The Bertz CT molecular complexity index is 422. The number of nitrogens with one attached hydrogen (secondary N) is 1. The average molecular weight is 292 g/mol. The molecule has 1 N–H and O–H groups in total. The van der Waals surface area contributed by atoms with Crippen LogP contribution in [0.25, 0.3) is 0 Å². The van der Waals surface area contributed by atoms with Crippen molar-refractivity contribution in [1.29, 1.82) is 0 Å². The summed E-state index contributed by atoms with van der Waals surface area (Å²) < 4.78 is 0. The second-order valence-corrected chi connectivity index (χ2v) is 8.32. The Kier molecular flexibility index (Phi) is 5.19. The first kappa shape index (κ1) is 15.9. The van der Waals surface area contributed by atoms with Crippen molar-refractivity contribution < 1.29 is 0 Å². The molecule has 0 amide bonds. The zero-order chi connectivity index (χ0) is 14.8. The van der Waals surface area contributed by atoms with Gasteiger partial charge in [-0.2, -0.15) is 11.8 Å². The molecule has 1 aromatic rings. The Hall–Kier alpha value is -0.470. The summed E-state index contributed by atoms with van der Waals surface area (Å²) >= 11 is 2.09. The predicted molar refractivity (Wildman–Crippen MR) is 91.6 cm³/mol. The fourth-order valence-corrected chi connectivity index (χ4v) is 4.28. The standard InChI is InChI=1S/C18H29NS/c1-13(2)15-6-8-16(9-7-15)14(3)19-17-10-18(4,5)12-20-11-17/h6-9,13-14,17,19H,10-12H2,1-5H3. The summed E-state index contributed by atoms with van der Waals surface area (Å²) in [6, 6.07) is 10.2. The first-order valence-electron chi connectivity index (χ1n) is 7.81. The van der Waals surface area contributed by atoms with Crippen molar-refractivity contribution in [2.24, 2.45) is 5.41 Å². The quantitative estimate of drug-likeness (QED) is 0.838. The highest BCUT2D eigenvalue weighted by atomic mass is 32.2. The van der Waals surface area contributed by atoms with E-state index in [1.165, 1.54) is 29.1 Å². The second kappa shape index (κ2) is 6.53. The SMILES string of the molecule is CC(C)c1ccc(C(C)NC2CSCC(C)(C)C2)cc1. The van der Waals surface area contributed by atoms with Gasteiger partial charge in [0.05, 0.1) is 0 Å². The van der Waals surface area contributed by atoms with E-state index in [0.717, 1.165) is 0 Å². The van der Waals surface area contributed by atoms with Gasteiger partial charge >= 0.3 is 0 Å². The Morgan fingerprint density at radius 3 is 2.25 bits per heavy atom. The lowest BCUT2D eigenvalue weighted by Crippen LogP contribution is -2.41. The maximum atomic E-state index is 3.82. The molecule has 2 atom stereocenters. The molecule has 1 fully saturated rings. The van der Waals surface area contributed by atoms with Gasteiger partial charge in [-0.05, 0) is 41.6 Å². The van der Waals surface area contributed by atoms with Crippen LogP contribution in [0.5, 0.6) is 0 Å². The van der Waals surface area contributed by atoms with Gasteiger partial charge in [-0.25, -0.2) is 0 Å². The first-order chi connectivity index (χ1) is 9.37. The number of rotatable bonds is 4. The normalized spacial score (nSPS) is 23.8. The minimum Gasteiger partial charge on any atom is -0.307 e. The van der Waals surface area contributed by atoms with Gasteiger partial charge in [-0.3, -0.25) is 0 Å². The Labute approximate surface area is 128 Å². The van der Waals surface area contributed by atoms with Crippen LogP contribution in [0.2, 0.25) is 0 Å². The van der Waals surface area contributed by atoms with Crippen LogP contribution >= 0.6 is 11.8 Å². The third-order valence-electron chi connectivity index (χ3n) is 4.20. The molecule has 2 rings (SSSR count). The molecule has 0 radical (unpaired) electrons. The van der Waals surface area contributed by atoms with E-state index >= 15 is 0 Å². The zero-order valence-electron chi connectivity index (χ0n) is 13.6. The van der Waals surface area contributed by atoms with E-state index < -0.39 is 0 Å². The summed E-state index contributed by atoms with van der Waals surface area (Å²) in [5.74, 6) is 3.16. The summed E-state index contributed by atoms with van der Waals surface area (Å²) in [5, 5.41) is 3.82. The highest BCUT2D eigenvalue weighted by Gasteiger charge is 2.29. The fraction of sp³-hybridized carbons (Fsp3) is 0.667. The summed E-state index contributed by atoms with van der Waals surface area (Å²) in [6.45, 7) is 11.6. The highest BCUT2D eigenvalue weighted by Crippen LogP contribution is 2.34. The van der Waals surface area contributed by atoms with Gasteiger partial charge in [0.15, 0.2) is 0 Å². The molecule has 0 aliphatic carbocycles. The predicted octanol–water partition coefficient (Wildman–Crippen LogP) is 4.99. The molecule has 0 spiro atoms. The van der Waals surface area contributed by atoms with Crippen molar-refractivity contribution in [2.75, 3.05) is 11.5 Å². The van der Waals surface area contributed by atoms with Crippen molar-refractivity contribution >= 4 is 11.8 Å². The maximum absolute atomic E-state index is 3.82. The van der Waals surface area contributed by atoms with Gasteiger partial charge in [-0.1, -0.05) is 52.0 Å². The van der Waals surface area contributed by atoms with Gasteiger partial charge in [0.1, 0.15) is 0 Å². The number of benzene rings is 1. The van der Waals surface area contributed by atoms with Crippen molar-refractivity contribution in [2.45, 2.75) is 59.0 Å². The number of hydrogen-bond acceptors (Lipinski definition) is 2. The van der Waals surface area contributed by atoms with Crippen LogP contribution < -0.4 is 5.32 Å². The van der Waals surface area contributed by atoms with Gasteiger partial charge in [-0.15, -0.1) is 0 Å². The smallest absolute Gasteiger partial charge is 0.0294 e. The topological polar surface area (TPSA) is 12.0 Å². The molecule has 0 bridgehead atoms. The van der Waals surface area contributed by atoms with Crippen molar-refractivity contribution in [3.63, 3.8) is 0 Å². The van der Waals surface area contributed by atoms with Crippen LogP contribution in [-0.4, -0.2) is 17.5 Å². The monoisotopic (exact) mass is 291 g/mol. The van der Waals surface area contributed by atoms with Crippen LogP contribution in [0.4, 0.5) is 0 Å². The van der Waals surface area contributed by atoms with Crippen LogP contribution in [0.1, 0.15) is 64.1 Å². The first-order valence-corrected chi connectivity index (χ1v) is 8.96. The van der Waals surface area contributed by atoms with Crippen LogP contribution in [0.3, 0.4) is 0 Å². The summed E-state index contributed by atoms with van der Waals surface area (Å²) in [6.07, 6.45) is 1.29. The molecule has 112 valence electrons. The molecule has 20 heavy (non-hydrogen) atoms. The minimum absolute atomic E-state index is 0.440. The lowest BCUT2D eigenvalue weighted by Gasteiger charge is -2.36. The number of thioether (sulfide) groups is 1. The number of hydrogen-bond donors (Lipinski definition) is 1. The Morgan fingerprint density at radius 2 is 1.70 bits per heavy atom. The molecule has 1 aliphatic heterocycles. The molecular formula is C18H29NS. The van der Waals surface area contributed by atoms with Gasteiger partial charge in [0.2, 0.25) is 0 Å². The van der Waals surface area contributed by atoms with E-state index in [2.05, 4.69) is 76.0 Å². The van der Waals surface area contributed by atoms with E-state index in [1.54, 1.807) is 0 Å². The van der Waals surface area contributed by atoms with E-state index in [9.17, 15) is 0 Å². The Balaban J connectivity index is 1.95. The lowest BCUT2D eigenvalue weighted by atomic mass is 9.87. The van der Waals surface area contributed by atoms with Gasteiger partial charge in [0, 0.05) is 17.8 Å². The molecule has 2 unspecified atom stereocenters. The van der Waals surface area contributed by atoms with E-state index in [0.29, 0.717) is 23.4 Å². The van der Waals surface area contributed by atoms with E-state index in [4.69, 9.17) is 0 Å². The largest absolute Gasteiger partial charge is 0.307 e. The molecular weight excluding hydrogens is 262 g/mol. The zero-order valence-corrected chi connectivity index (χ0v) is 14.4. The van der Waals surface area contributed by atoms with Crippen molar-refractivity contribution in [3.05, 3.63) is 35.4 Å². The highest BCUT2D eigenvalue weighted by molar-refractivity contribution is 7.99. The lowest BCUT2D eigenvalue weighted by molar-refractivity contribution is 0.305. The van der Waals surface area contributed by atoms with E-state index in [-0.39, 0.29) is 0 Å². The Morgan fingerprint density at radius 1 is 1.10 bits per heavy atom. The third kappa shape index (κ3) is 4.26. The molecule has 2 heteroatoms. The average Bonchev–Trinajstić information content (AvgIpc) is 2.37. The fourth-order valence-electron chi connectivity index (χ4n) is 2.99. The molecule has 0 saturated carbocycles. The summed E-state index contributed by atoms with van der Waals surface area (Å²) in [7, 11) is 0. The minimum atomic E-state index is 0.440. The van der Waals surface area contributed by atoms with E-state index in [1.807, 2.05) is 0 Å². The maximum Gasteiger partial charge on any atom is 0.0294 e. The van der Waals surface area contributed by atoms with Crippen LogP contribution in [-0.2, 0) is 0 Å². The molecule has 1 heterocycles. The van der Waals surface area contributed by atoms with Gasteiger partial charge < -0.3 is 5.32 Å². The second-order valence-electron chi connectivity index (χ2n) is 7.29. The molecule has 0 aromatic heterocycles. The molecule has 1 aromatic carbocycles. The summed E-state index contributed by atoms with van der Waals surface area (Å²) in [5.41, 5.74) is 3.31.